The SMILES string of the molecule is C=C(N)N(C)C(=O)C(C)(c1ccc(C)c(CC)c1)c1ccc(C)c(CCC(C)F)c1. The summed E-state index contributed by atoms with van der Waals surface area (Å²) in [5.74, 6) is 0.0576. The first kappa shape index (κ1) is 23.7. The Hall–Kier alpha value is -2.62. The number of rotatable bonds is 8. The Bertz CT molecular complexity index is 935. The number of hydrogen-bond acceptors (Lipinski definition) is 2. The van der Waals surface area contributed by atoms with Crippen molar-refractivity contribution < 1.29 is 9.18 Å². The second-order valence-electron chi connectivity index (χ2n) is 8.44. The first-order chi connectivity index (χ1) is 14.0. The Balaban J connectivity index is 2.69. The maximum atomic E-state index is 13.7. The lowest BCUT2D eigenvalue weighted by molar-refractivity contribution is -0.132. The Morgan fingerprint density at radius 3 is 2.10 bits per heavy atom. The van der Waals surface area contributed by atoms with Gasteiger partial charge in [-0.25, -0.2) is 4.39 Å². The molecular weight excluding hydrogens is 375 g/mol. The summed E-state index contributed by atoms with van der Waals surface area (Å²) in [6.45, 7) is 13.5. The summed E-state index contributed by atoms with van der Waals surface area (Å²) in [6.07, 6.45) is 1.11. The molecule has 162 valence electrons. The highest BCUT2D eigenvalue weighted by Crippen LogP contribution is 2.36. The van der Waals surface area contributed by atoms with E-state index in [1.165, 1.54) is 16.0 Å². The van der Waals surface area contributed by atoms with Gasteiger partial charge in [-0.2, -0.15) is 0 Å². The van der Waals surface area contributed by atoms with Gasteiger partial charge in [-0.3, -0.25) is 4.79 Å². The van der Waals surface area contributed by atoms with Crippen molar-refractivity contribution in [2.45, 2.75) is 65.5 Å². The number of nitrogens with two attached hydrogens (primary N) is 1. The highest BCUT2D eigenvalue weighted by Gasteiger charge is 2.40. The van der Waals surface area contributed by atoms with Crippen LogP contribution in [0.5, 0.6) is 0 Å². The van der Waals surface area contributed by atoms with Gasteiger partial charge >= 0.3 is 0 Å². The molecule has 0 aliphatic rings. The van der Waals surface area contributed by atoms with Crippen molar-refractivity contribution in [1.29, 1.82) is 0 Å². The second-order valence-corrected chi connectivity index (χ2v) is 8.44. The molecule has 1 amide bonds. The average molecular weight is 411 g/mol. The minimum atomic E-state index is -0.946. The summed E-state index contributed by atoms with van der Waals surface area (Å²) < 4.78 is 13.5. The zero-order valence-corrected chi connectivity index (χ0v) is 19.2. The molecule has 2 aromatic rings. The molecule has 2 N–H and O–H groups in total. The van der Waals surface area contributed by atoms with Crippen molar-refractivity contribution in [3.8, 4) is 0 Å². The number of alkyl halides is 1. The molecule has 2 unspecified atom stereocenters. The fraction of sp³-hybridized carbons (Fsp3) is 0.423. The maximum absolute atomic E-state index is 13.7. The third kappa shape index (κ3) is 4.75. The van der Waals surface area contributed by atoms with E-state index in [1.54, 1.807) is 14.0 Å². The zero-order valence-electron chi connectivity index (χ0n) is 19.2. The monoisotopic (exact) mass is 410 g/mol. The average Bonchev–Trinajstić information content (AvgIpc) is 2.71. The van der Waals surface area contributed by atoms with E-state index < -0.39 is 11.6 Å². The van der Waals surface area contributed by atoms with Gasteiger partial charge in [0.1, 0.15) is 0 Å². The van der Waals surface area contributed by atoms with E-state index in [2.05, 4.69) is 32.6 Å². The highest BCUT2D eigenvalue weighted by molar-refractivity contribution is 5.92. The molecule has 0 fully saturated rings. The topological polar surface area (TPSA) is 46.3 Å². The van der Waals surface area contributed by atoms with Crippen molar-refractivity contribution in [2.24, 2.45) is 5.73 Å². The van der Waals surface area contributed by atoms with Gasteiger partial charge in [0.2, 0.25) is 5.91 Å². The van der Waals surface area contributed by atoms with Gasteiger partial charge in [-0.05, 0) is 80.3 Å². The number of hydrogen-bond donors (Lipinski definition) is 1. The first-order valence-corrected chi connectivity index (χ1v) is 10.6. The summed E-state index contributed by atoms with van der Waals surface area (Å²) in [7, 11) is 1.65. The van der Waals surface area contributed by atoms with Gasteiger partial charge in [-0.15, -0.1) is 0 Å². The lowest BCUT2D eigenvalue weighted by Gasteiger charge is -2.34. The van der Waals surface area contributed by atoms with E-state index in [1.807, 2.05) is 38.1 Å². The van der Waals surface area contributed by atoms with Gasteiger partial charge in [0.05, 0.1) is 17.4 Å². The van der Waals surface area contributed by atoms with Gasteiger partial charge in [0.25, 0.3) is 0 Å². The van der Waals surface area contributed by atoms with Crippen molar-refractivity contribution in [1.82, 2.24) is 4.90 Å². The fourth-order valence-corrected chi connectivity index (χ4v) is 3.85. The zero-order chi connectivity index (χ0) is 22.6. The maximum Gasteiger partial charge on any atom is 0.242 e. The van der Waals surface area contributed by atoms with Crippen molar-refractivity contribution in [3.63, 3.8) is 0 Å². The van der Waals surface area contributed by atoms with Gasteiger partial charge < -0.3 is 10.6 Å². The largest absolute Gasteiger partial charge is 0.386 e. The second kappa shape index (κ2) is 9.46. The number of likely N-dealkylation sites (N-methyl/N-ethyl adjacent to an activating group) is 1. The molecule has 30 heavy (non-hydrogen) atoms. The standard InChI is InChI=1S/C26H35FN2O/c1-8-21-15-23(13-9-17(21)2)26(6,25(30)29(7)20(5)28)24-14-10-18(3)22(16-24)12-11-19(4)27/h9-10,13-16,19H,5,8,11-12,28H2,1-4,6-7H3. The lowest BCUT2D eigenvalue weighted by atomic mass is 9.73. The van der Waals surface area contributed by atoms with Crippen molar-refractivity contribution in [3.05, 3.63) is 82.2 Å². The Morgan fingerprint density at radius 2 is 1.63 bits per heavy atom. The molecule has 2 rings (SSSR count). The van der Waals surface area contributed by atoms with E-state index >= 15 is 0 Å². The van der Waals surface area contributed by atoms with Crippen molar-refractivity contribution in [2.75, 3.05) is 7.05 Å². The molecule has 4 heteroatoms. The molecule has 0 aliphatic heterocycles. The molecule has 0 radical (unpaired) electrons. The third-order valence-corrected chi connectivity index (χ3v) is 6.21. The number of aryl methyl sites for hydroxylation is 4. The number of amides is 1. The molecule has 0 bridgehead atoms. The van der Waals surface area contributed by atoms with Crippen LogP contribution in [0.25, 0.3) is 0 Å². The molecule has 0 heterocycles. The van der Waals surface area contributed by atoms with Crippen LogP contribution in [0.2, 0.25) is 0 Å². The van der Waals surface area contributed by atoms with E-state index in [9.17, 15) is 9.18 Å². The first-order valence-electron chi connectivity index (χ1n) is 10.6. The van der Waals surface area contributed by atoms with Crippen LogP contribution in [0.15, 0.2) is 48.8 Å². The van der Waals surface area contributed by atoms with E-state index in [-0.39, 0.29) is 11.7 Å². The quantitative estimate of drug-likeness (QED) is 0.637. The number of halogens is 1. The van der Waals surface area contributed by atoms with Crippen LogP contribution in [-0.2, 0) is 23.1 Å². The number of benzene rings is 2. The van der Waals surface area contributed by atoms with E-state index in [0.29, 0.717) is 12.8 Å². The summed E-state index contributed by atoms with van der Waals surface area (Å²) in [4.78, 5) is 15.1. The van der Waals surface area contributed by atoms with Crippen LogP contribution in [0, 0.1) is 13.8 Å². The summed E-state index contributed by atoms with van der Waals surface area (Å²) >= 11 is 0. The van der Waals surface area contributed by atoms with Crippen LogP contribution in [-0.4, -0.2) is 24.0 Å². The van der Waals surface area contributed by atoms with Crippen LogP contribution in [0.4, 0.5) is 4.39 Å². The van der Waals surface area contributed by atoms with Crippen LogP contribution in [0.3, 0.4) is 0 Å². The lowest BCUT2D eigenvalue weighted by Crippen LogP contribution is -2.45. The van der Waals surface area contributed by atoms with Gasteiger partial charge in [0, 0.05) is 7.05 Å². The smallest absolute Gasteiger partial charge is 0.242 e. The molecule has 0 saturated heterocycles. The van der Waals surface area contributed by atoms with E-state index in [0.717, 1.165) is 28.7 Å². The minimum absolute atomic E-state index is 0.144. The summed E-state index contributed by atoms with van der Waals surface area (Å²) in [5, 5.41) is 0. The normalized spacial score (nSPS) is 14.1. The molecule has 0 spiro atoms. The minimum Gasteiger partial charge on any atom is -0.386 e. The predicted molar refractivity (Wildman–Crippen MR) is 123 cm³/mol. The number of carbonyl (C=O) groups excluding carboxylic acids is 1. The molecular formula is C26H35FN2O. The fourth-order valence-electron chi connectivity index (χ4n) is 3.85. The van der Waals surface area contributed by atoms with Crippen LogP contribution < -0.4 is 5.73 Å². The molecule has 0 aliphatic carbocycles. The van der Waals surface area contributed by atoms with Gasteiger partial charge in [0.15, 0.2) is 0 Å². The number of carbonyl (C=O) groups is 1. The van der Waals surface area contributed by atoms with Gasteiger partial charge in [-0.1, -0.05) is 49.9 Å². The molecule has 0 saturated carbocycles. The Kier molecular flexibility index (Phi) is 7.46. The Morgan fingerprint density at radius 1 is 1.13 bits per heavy atom. The summed E-state index contributed by atoms with van der Waals surface area (Å²) in [6, 6.07) is 12.3. The van der Waals surface area contributed by atoms with E-state index in [4.69, 9.17) is 5.73 Å². The summed E-state index contributed by atoms with van der Waals surface area (Å²) in [5.41, 5.74) is 11.3. The molecule has 2 atom stereocenters. The number of nitrogens with zero attached hydrogens (tertiary/aromatic N) is 1. The third-order valence-electron chi connectivity index (χ3n) is 6.21. The molecule has 2 aromatic carbocycles. The Labute approximate surface area is 180 Å². The van der Waals surface area contributed by atoms with Crippen LogP contribution in [0.1, 0.15) is 60.6 Å². The molecule has 3 nitrogen and oxygen atoms in total. The highest BCUT2D eigenvalue weighted by atomic mass is 19.1. The van der Waals surface area contributed by atoms with Crippen molar-refractivity contribution >= 4 is 5.91 Å². The van der Waals surface area contributed by atoms with Crippen LogP contribution >= 0.6 is 0 Å². The molecule has 0 aromatic heterocycles. The predicted octanol–water partition coefficient (Wildman–Crippen LogP) is 5.35.